The van der Waals surface area contributed by atoms with Crippen LogP contribution in [0.2, 0.25) is 15.1 Å². The van der Waals surface area contributed by atoms with Crippen molar-refractivity contribution < 1.29 is 69.9 Å². The molecule has 5 aliphatic rings. The van der Waals surface area contributed by atoms with E-state index in [1.807, 2.05) is 52.4 Å². The number of likely N-dealkylation sites (tertiary alicyclic amines) is 1. The zero-order chi connectivity index (χ0) is 81.7. The fourth-order valence-electron chi connectivity index (χ4n) is 14.3. The van der Waals surface area contributed by atoms with Gasteiger partial charge in [-0.15, -0.1) is 0 Å². The van der Waals surface area contributed by atoms with Crippen LogP contribution in [0.5, 0.6) is 29.3 Å². The number of alkyl halides is 1. The number of halogens is 10. The molecule has 9 aromatic rings. The maximum absolute atomic E-state index is 16.1. The van der Waals surface area contributed by atoms with Gasteiger partial charge < -0.3 is 68.9 Å². The van der Waals surface area contributed by atoms with Crippen molar-refractivity contribution in [1.29, 1.82) is 0 Å². The summed E-state index contributed by atoms with van der Waals surface area (Å²) < 4.78 is 118. The summed E-state index contributed by atoms with van der Waals surface area (Å²) in [5, 5.41) is 31.6. The summed E-state index contributed by atoms with van der Waals surface area (Å²) in [6.45, 7) is 26.5. The molecule has 0 saturated carbocycles. The van der Waals surface area contributed by atoms with Crippen molar-refractivity contribution in [3.63, 3.8) is 0 Å². The molecule has 0 radical (unpaired) electrons. The molecule has 114 heavy (non-hydrogen) atoms. The molecular formula is C80H84Cl3F7N16O8. The molecule has 3 amide bonds. The van der Waals surface area contributed by atoms with E-state index in [1.54, 1.807) is 14.7 Å². The number of fused-ring (bicyclic) bond motifs is 3. The first-order valence-corrected chi connectivity index (χ1v) is 38.0. The number of carbonyl (C=O) groups is 3. The third-order valence-electron chi connectivity index (χ3n) is 20.6. The molecule has 602 valence electrons. The number of carbonyl (C=O) groups excluding carboxylic acids is 3. The number of benzene rings is 6. The van der Waals surface area contributed by atoms with E-state index in [9.17, 15) is 47.3 Å². The van der Waals surface area contributed by atoms with E-state index in [4.69, 9.17) is 49.3 Å². The molecule has 8 heterocycles. The number of likely N-dealkylation sites (N-methyl/N-ethyl adjacent to an activating group) is 2. The van der Waals surface area contributed by atoms with Gasteiger partial charge in [-0.05, 0) is 107 Å². The molecule has 0 spiro atoms. The SMILES string of the molecule is C=CC(=O)N1CCN(c2nc(N3CC(N(C)C)C3)nc3c(F)c(-c4c(O)cccc4F)c(Cl)cc23)CC1.C=CC(=O)N1CCN(c2nc(OCCN(CC)CC)nc3c(F)c(-c4c(O)cccc4F)c(Cl)cc23)CC1.C=CC(=O)N1CCN(c2nc(OCCN3CC(C)(F)C3)nc3c(F)c(-c4c(O)cccc4F)c(Cl)cc23)CC1. The van der Waals surface area contributed by atoms with E-state index in [1.165, 1.54) is 79.7 Å². The Morgan fingerprint density at radius 1 is 0.509 bits per heavy atom. The van der Waals surface area contributed by atoms with Gasteiger partial charge >= 0.3 is 12.0 Å². The van der Waals surface area contributed by atoms with E-state index in [-0.39, 0.29) is 126 Å². The summed E-state index contributed by atoms with van der Waals surface area (Å²) in [6, 6.07) is 15.7. The van der Waals surface area contributed by atoms with Crippen molar-refractivity contribution in [2.75, 3.05) is 178 Å². The molecule has 34 heteroatoms. The fraction of sp³-hybridized carbons (Fsp3) is 0.362. The molecule has 24 nitrogen and oxygen atoms in total. The second kappa shape index (κ2) is 35.4. The number of hydrogen-bond acceptors (Lipinski definition) is 21. The Morgan fingerprint density at radius 3 is 1.18 bits per heavy atom. The van der Waals surface area contributed by atoms with Gasteiger partial charge in [0.2, 0.25) is 23.7 Å². The molecule has 3 N–H and O–H groups in total. The number of phenolic OH excluding ortho intramolecular Hbond substituents is 3. The van der Waals surface area contributed by atoms with Crippen LogP contribution in [0.1, 0.15) is 20.8 Å². The topological polar surface area (TPSA) is 240 Å². The average molecular weight is 1640 g/mol. The van der Waals surface area contributed by atoms with E-state index < -0.39 is 57.8 Å². The Bertz CT molecular complexity index is 5110. The van der Waals surface area contributed by atoms with Crippen LogP contribution >= 0.6 is 34.8 Å². The molecular weight excluding hydrogens is 1550 g/mol. The monoisotopic (exact) mass is 1630 g/mol. The lowest BCUT2D eigenvalue weighted by molar-refractivity contribution is -0.127. The minimum atomic E-state index is -1.22. The summed E-state index contributed by atoms with van der Waals surface area (Å²) in [4.78, 5) is 82.0. The van der Waals surface area contributed by atoms with Crippen LogP contribution in [-0.2, 0) is 14.4 Å². The summed E-state index contributed by atoms with van der Waals surface area (Å²) >= 11 is 19.4. The maximum atomic E-state index is 16.1. The van der Waals surface area contributed by atoms with Gasteiger partial charge in [-0.3, -0.25) is 19.3 Å². The second-order valence-corrected chi connectivity index (χ2v) is 29.4. The van der Waals surface area contributed by atoms with E-state index in [0.717, 1.165) is 31.3 Å². The second-order valence-electron chi connectivity index (χ2n) is 28.2. The van der Waals surface area contributed by atoms with E-state index >= 15 is 13.2 Å². The summed E-state index contributed by atoms with van der Waals surface area (Å²) in [5.74, 6) is -5.41. The number of aromatic nitrogens is 6. The summed E-state index contributed by atoms with van der Waals surface area (Å²) in [7, 11) is 3.99. The molecule has 0 aliphatic carbocycles. The molecule has 6 aromatic carbocycles. The number of rotatable bonds is 21. The van der Waals surface area contributed by atoms with Gasteiger partial charge in [0, 0.05) is 157 Å². The Labute approximate surface area is 668 Å². The highest BCUT2D eigenvalue weighted by molar-refractivity contribution is 6.35. The van der Waals surface area contributed by atoms with E-state index in [2.05, 4.69) is 54.5 Å². The van der Waals surface area contributed by atoms with Crippen LogP contribution in [0.25, 0.3) is 66.1 Å². The number of amides is 3. The largest absolute Gasteiger partial charge is 0.507 e. The van der Waals surface area contributed by atoms with Gasteiger partial charge in [0.05, 0.1) is 31.8 Å². The van der Waals surface area contributed by atoms with Crippen molar-refractivity contribution in [2.24, 2.45) is 0 Å². The van der Waals surface area contributed by atoms with Gasteiger partial charge in [-0.25, -0.2) is 35.7 Å². The van der Waals surface area contributed by atoms with Crippen molar-refractivity contribution in [3.8, 4) is 62.7 Å². The van der Waals surface area contributed by atoms with Crippen molar-refractivity contribution in [3.05, 3.63) is 161 Å². The van der Waals surface area contributed by atoms with Crippen molar-refractivity contribution in [1.82, 2.24) is 59.3 Å². The molecule has 5 aliphatic heterocycles. The number of ether oxygens (including phenoxy) is 2. The third kappa shape index (κ3) is 17.6. The zero-order valence-corrected chi connectivity index (χ0v) is 65.5. The molecule has 0 bridgehead atoms. The van der Waals surface area contributed by atoms with Crippen molar-refractivity contribution >= 4 is 109 Å². The zero-order valence-electron chi connectivity index (χ0n) is 63.2. The lowest BCUT2D eigenvalue weighted by Crippen LogP contribution is -2.58. The molecule has 5 fully saturated rings. The quantitative estimate of drug-likeness (QED) is 0.0447. The maximum Gasteiger partial charge on any atom is 0.319 e. The van der Waals surface area contributed by atoms with Gasteiger partial charge in [0.1, 0.15) is 87.6 Å². The lowest BCUT2D eigenvalue weighted by Gasteiger charge is -2.43. The Morgan fingerprint density at radius 2 is 0.851 bits per heavy atom. The summed E-state index contributed by atoms with van der Waals surface area (Å²) in [6.07, 6.45) is 3.81. The van der Waals surface area contributed by atoms with Gasteiger partial charge in [0.25, 0.3) is 0 Å². The smallest absolute Gasteiger partial charge is 0.319 e. The number of aromatic hydroxyl groups is 3. The first-order valence-electron chi connectivity index (χ1n) is 36.9. The first kappa shape index (κ1) is 82.9. The van der Waals surface area contributed by atoms with Gasteiger partial charge in [0.15, 0.2) is 17.5 Å². The normalized spacial score (nSPS) is 15.9. The van der Waals surface area contributed by atoms with Gasteiger partial charge in [-0.1, -0.05) is 86.6 Å². The predicted octanol–water partition coefficient (Wildman–Crippen LogP) is 12.2. The van der Waals surface area contributed by atoms with Gasteiger partial charge in [-0.2, -0.15) is 24.9 Å². The Kier molecular flexibility index (Phi) is 25.8. The Hall–Kier alpha value is -10.6. The van der Waals surface area contributed by atoms with Crippen LogP contribution in [0.15, 0.2) is 111 Å². The fourth-order valence-corrected chi connectivity index (χ4v) is 15.2. The molecule has 14 rings (SSSR count). The van der Waals surface area contributed by atoms with Crippen molar-refractivity contribution in [2.45, 2.75) is 32.5 Å². The highest BCUT2D eigenvalue weighted by Gasteiger charge is 2.39. The number of anilines is 4. The first-order chi connectivity index (χ1) is 54.5. The number of phenols is 3. The van der Waals surface area contributed by atoms with Crippen LogP contribution in [0.3, 0.4) is 0 Å². The van der Waals surface area contributed by atoms with Crippen LogP contribution in [0, 0.1) is 34.9 Å². The minimum absolute atomic E-state index is 0.0139. The number of nitrogens with zero attached hydrogens (tertiary/aromatic N) is 16. The third-order valence-corrected chi connectivity index (χ3v) is 21.5. The lowest BCUT2D eigenvalue weighted by atomic mass is 9.99. The highest BCUT2D eigenvalue weighted by Crippen LogP contribution is 2.47. The molecule has 5 saturated heterocycles. The minimum Gasteiger partial charge on any atom is -0.507 e. The number of piperazine rings is 3. The number of hydrogen-bond donors (Lipinski definition) is 3. The standard InChI is InChI=1S/C27H27ClF3N5O3.C27H30ClF2N5O3.C26H27ClF2N6O2/c1-3-20(38)35-7-9-36(10-8-35)25-16-13-17(28)21(22-18(29)5-4-6-19(22)37)23(30)24(16)32-26(33-25)39-12-11-34-14-27(2,31)15-34;1-4-21(37)34-10-12-35(13-11-34)26-17-16-18(28)22(23-19(29)8-7-9-20(23)36)24(30)25(17)31-27(32-26)38-15-14-33(5-2)6-3;1-4-20(37)33-8-10-34(11-9-33)25-16-12-17(27)21(22-18(28)6-5-7-19(22)36)23(29)24(16)30-26(31-25)35-13-15(14-35)32(2)3/h3-6,13,37H,1,7-12,14-15H2,2H3;4,7-9,16,36H,1,5-6,10-15H2,2-3H3;4-7,12,15,36H,1,8-11,13-14H2,2-3H3. The Balaban J connectivity index is 0.000000158. The predicted molar refractivity (Wildman–Crippen MR) is 426 cm³/mol. The summed E-state index contributed by atoms with van der Waals surface area (Å²) in [5.41, 5.74) is -3.45. The molecule has 0 atom stereocenters. The van der Waals surface area contributed by atoms with Crippen LogP contribution in [-0.4, -0.2) is 262 Å². The van der Waals surface area contributed by atoms with E-state index in [0.29, 0.717) is 145 Å². The highest BCUT2D eigenvalue weighted by atomic mass is 35.5. The van der Waals surface area contributed by atoms with Crippen LogP contribution in [0.4, 0.5) is 54.1 Å². The molecule has 3 aromatic heterocycles. The molecule has 0 unspecified atom stereocenters. The van der Waals surface area contributed by atoms with Crippen LogP contribution < -0.4 is 29.1 Å². The average Bonchev–Trinajstić information content (AvgIpc) is 0.750.